The molecule has 1 nitrogen and oxygen atoms in total. The second-order valence-corrected chi connectivity index (χ2v) is 4.70. The summed E-state index contributed by atoms with van der Waals surface area (Å²) >= 11 is 1.83. The number of hydrogen-bond acceptors (Lipinski definition) is 2. The highest BCUT2D eigenvalue weighted by Crippen LogP contribution is 2.14. The van der Waals surface area contributed by atoms with Crippen molar-refractivity contribution in [2.24, 2.45) is 11.7 Å². The second-order valence-electron chi connectivity index (χ2n) is 3.72. The largest absolute Gasteiger partial charge is 0.330 e. The molecule has 15 heavy (non-hydrogen) atoms. The Morgan fingerprint density at radius 1 is 1.47 bits per heavy atom. The maximum absolute atomic E-state index is 12.9. The van der Waals surface area contributed by atoms with Crippen molar-refractivity contribution < 1.29 is 4.39 Å². The first kappa shape index (κ1) is 12.5. The number of halogens is 1. The minimum absolute atomic E-state index is 0.159. The Kier molecular flexibility index (Phi) is 5.73. The van der Waals surface area contributed by atoms with Gasteiger partial charge in [-0.25, -0.2) is 4.39 Å². The summed E-state index contributed by atoms with van der Waals surface area (Å²) in [5.74, 6) is 1.43. The van der Waals surface area contributed by atoms with E-state index in [-0.39, 0.29) is 5.82 Å². The zero-order valence-corrected chi connectivity index (χ0v) is 9.90. The molecule has 1 atom stereocenters. The van der Waals surface area contributed by atoms with E-state index in [0.717, 1.165) is 24.2 Å². The third-order valence-electron chi connectivity index (χ3n) is 2.48. The molecule has 0 saturated carbocycles. The van der Waals surface area contributed by atoms with Gasteiger partial charge in [0.2, 0.25) is 0 Å². The van der Waals surface area contributed by atoms with Gasteiger partial charge in [0.05, 0.1) is 0 Å². The third kappa shape index (κ3) is 4.67. The van der Waals surface area contributed by atoms with E-state index in [1.165, 1.54) is 6.07 Å². The molecule has 0 aliphatic heterocycles. The molecule has 1 unspecified atom stereocenters. The van der Waals surface area contributed by atoms with Crippen molar-refractivity contribution in [1.82, 2.24) is 0 Å². The van der Waals surface area contributed by atoms with Crippen LogP contribution in [0.25, 0.3) is 0 Å². The first-order valence-electron chi connectivity index (χ1n) is 5.19. The third-order valence-corrected chi connectivity index (χ3v) is 3.12. The van der Waals surface area contributed by atoms with E-state index in [0.29, 0.717) is 12.5 Å². The number of nitrogens with two attached hydrogens (primary N) is 1. The summed E-state index contributed by atoms with van der Waals surface area (Å²) in [7, 11) is 0. The summed E-state index contributed by atoms with van der Waals surface area (Å²) in [6.45, 7) is 0.678. The molecular weight excluding hydrogens is 209 g/mol. The molecule has 0 amide bonds. The molecule has 0 spiro atoms. The van der Waals surface area contributed by atoms with Gasteiger partial charge in [0.15, 0.2) is 0 Å². The summed E-state index contributed by atoms with van der Waals surface area (Å²) in [5, 5.41) is 0. The van der Waals surface area contributed by atoms with Gasteiger partial charge in [-0.2, -0.15) is 11.8 Å². The Bertz CT molecular complexity index is 291. The van der Waals surface area contributed by atoms with E-state index < -0.39 is 0 Å². The number of thioether (sulfide) groups is 1. The fraction of sp³-hybridized carbons (Fsp3) is 0.500. The standard InChI is InChI=1S/C12H18FNS/c1-15-6-5-11(9-14)7-10-3-2-4-12(13)8-10/h2-4,8,11H,5-7,9,14H2,1H3. The Morgan fingerprint density at radius 2 is 2.27 bits per heavy atom. The normalized spacial score (nSPS) is 12.7. The molecule has 1 aromatic rings. The van der Waals surface area contributed by atoms with Crippen LogP contribution in [-0.2, 0) is 6.42 Å². The number of benzene rings is 1. The zero-order valence-electron chi connectivity index (χ0n) is 9.08. The minimum Gasteiger partial charge on any atom is -0.330 e. The second kappa shape index (κ2) is 6.85. The van der Waals surface area contributed by atoms with Crippen LogP contribution in [-0.4, -0.2) is 18.6 Å². The fourth-order valence-electron chi connectivity index (χ4n) is 1.59. The monoisotopic (exact) mass is 227 g/mol. The number of hydrogen-bond donors (Lipinski definition) is 1. The topological polar surface area (TPSA) is 26.0 Å². The van der Waals surface area contributed by atoms with Crippen molar-refractivity contribution in [2.75, 3.05) is 18.6 Å². The van der Waals surface area contributed by atoms with Crippen LogP contribution >= 0.6 is 11.8 Å². The van der Waals surface area contributed by atoms with Gasteiger partial charge in [-0.05, 0) is 55.0 Å². The predicted molar refractivity (Wildman–Crippen MR) is 65.6 cm³/mol. The van der Waals surface area contributed by atoms with E-state index in [2.05, 4.69) is 6.26 Å². The Balaban J connectivity index is 2.50. The molecule has 2 N–H and O–H groups in total. The lowest BCUT2D eigenvalue weighted by atomic mass is 9.97. The van der Waals surface area contributed by atoms with E-state index in [1.54, 1.807) is 12.1 Å². The maximum atomic E-state index is 12.9. The predicted octanol–water partition coefficient (Wildman–Crippen LogP) is 2.70. The van der Waals surface area contributed by atoms with Crippen molar-refractivity contribution in [2.45, 2.75) is 12.8 Å². The van der Waals surface area contributed by atoms with Crippen molar-refractivity contribution >= 4 is 11.8 Å². The molecular formula is C12H18FNS. The summed E-state index contributed by atoms with van der Waals surface area (Å²) in [5.41, 5.74) is 6.74. The molecule has 1 aromatic carbocycles. The van der Waals surface area contributed by atoms with Crippen LogP contribution in [0, 0.1) is 11.7 Å². The van der Waals surface area contributed by atoms with E-state index in [4.69, 9.17) is 5.73 Å². The van der Waals surface area contributed by atoms with E-state index in [9.17, 15) is 4.39 Å². The van der Waals surface area contributed by atoms with E-state index in [1.807, 2.05) is 17.8 Å². The fourth-order valence-corrected chi connectivity index (χ4v) is 2.15. The van der Waals surface area contributed by atoms with Crippen LogP contribution in [0.15, 0.2) is 24.3 Å². The van der Waals surface area contributed by atoms with Crippen LogP contribution < -0.4 is 5.73 Å². The van der Waals surface area contributed by atoms with Gasteiger partial charge in [0.25, 0.3) is 0 Å². The maximum Gasteiger partial charge on any atom is 0.123 e. The SMILES string of the molecule is CSCCC(CN)Cc1cccc(F)c1. The average Bonchev–Trinajstić information content (AvgIpc) is 2.24. The highest BCUT2D eigenvalue weighted by atomic mass is 32.2. The lowest BCUT2D eigenvalue weighted by Crippen LogP contribution is -2.17. The lowest BCUT2D eigenvalue weighted by molar-refractivity contribution is 0.520. The Morgan fingerprint density at radius 3 is 2.87 bits per heavy atom. The van der Waals surface area contributed by atoms with Gasteiger partial charge in [0.1, 0.15) is 5.82 Å². The van der Waals surface area contributed by atoms with Crippen molar-refractivity contribution in [1.29, 1.82) is 0 Å². The first-order valence-corrected chi connectivity index (χ1v) is 6.59. The van der Waals surface area contributed by atoms with Crippen LogP contribution in [0.5, 0.6) is 0 Å². The molecule has 0 heterocycles. The van der Waals surface area contributed by atoms with Gasteiger partial charge in [-0.3, -0.25) is 0 Å². The van der Waals surface area contributed by atoms with Crippen molar-refractivity contribution in [3.8, 4) is 0 Å². The molecule has 0 saturated heterocycles. The van der Waals surface area contributed by atoms with Gasteiger partial charge >= 0.3 is 0 Å². The van der Waals surface area contributed by atoms with Crippen molar-refractivity contribution in [3.05, 3.63) is 35.6 Å². The van der Waals surface area contributed by atoms with E-state index >= 15 is 0 Å². The van der Waals surface area contributed by atoms with Crippen LogP contribution in [0.2, 0.25) is 0 Å². The van der Waals surface area contributed by atoms with Crippen LogP contribution in [0.1, 0.15) is 12.0 Å². The smallest absolute Gasteiger partial charge is 0.123 e. The van der Waals surface area contributed by atoms with Gasteiger partial charge in [0, 0.05) is 0 Å². The quantitative estimate of drug-likeness (QED) is 0.808. The molecule has 0 radical (unpaired) electrons. The molecule has 0 aliphatic rings. The van der Waals surface area contributed by atoms with Gasteiger partial charge in [-0.1, -0.05) is 12.1 Å². The van der Waals surface area contributed by atoms with Crippen LogP contribution in [0.4, 0.5) is 4.39 Å². The number of rotatable bonds is 6. The van der Waals surface area contributed by atoms with Gasteiger partial charge < -0.3 is 5.73 Å². The summed E-state index contributed by atoms with van der Waals surface area (Å²) < 4.78 is 12.9. The molecule has 84 valence electrons. The zero-order chi connectivity index (χ0) is 11.1. The highest BCUT2D eigenvalue weighted by molar-refractivity contribution is 7.98. The summed E-state index contributed by atoms with van der Waals surface area (Å²) in [6.07, 6.45) is 4.08. The Labute approximate surface area is 95.2 Å². The highest BCUT2D eigenvalue weighted by Gasteiger charge is 2.07. The molecule has 3 heteroatoms. The minimum atomic E-state index is -0.159. The van der Waals surface area contributed by atoms with Crippen molar-refractivity contribution in [3.63, 3.8) is 0 Å². The van der Waals surface area contributed by atoms with Gasteiger partial charge in [-0.15, -0.1) is 0 Å². The molecule has 0 aliphatic carbocycles. The summed E-state index contributed by atoms with van der Waals surface area (Å²) in [6, 6.07) is 6.79. The van der Waals surface area contributed by atoms with Crippen LogP contribution in [0.3, 0.4) is 0 Å². The average molecular weight is 227 g/mol. The lowest BCUT2D eigenvalue weighted by Gasteiger charge is -2.13. The molecule has 1 rings (SSSR count). The summed E-state index contributed by atoms with van der Waals surface area (Å²) in [4.78, 5) is 0. The first-order chi connectivity index (χ1) is 7.26. The molecule has 0 fully saturated rings. The Hall–Kier alpha value is -0.540. The molecule has 0 aromatic heterocycles. The molecule has 0 bridgehead atoms.